The van der Waals surface area contributed by atoms with Crippen molar-refractivity contribution in [3.05, 3.63) is 40.6 Å². The van der Waals surface area contributed by atoms with E-state index < -0.39 is 0 Å². The van der Waals surface area contributed by atoms with Crippen molar-refractivity contribution < 1.29 is 4.79 Å². The number of amides is 2. The van der Waals surface area contributed by atoms with Crippen LogP contribution in [0, 0.1) is 0 Å². The van der Waals surface area contributed by atoms with Crippen LogP contribution in [-0.4, -0.2) is 13.1 Å². The van der Waals surface area contributed by atoms with Crippen LogP contribution in [0.15, 0.2) is 35.7 Å². The topological polar surface area (TPSA) is 79.2 Å². The summed E-state index contributed by atoms with van der Waals surface area (Å²) >= 11 is 1.63. The Hall–Kier alpha value is -2.21. The maximum absolute atomic E-state index is 11.1. The third-order valence-corrected chi connectivity index (χ3v) is 3.54. The maximum Gasteiger partial charge on any atom is 0.318 e. The van der Waals surface area contributed by atoms with Gasteiger partial charge in [0.15, 0.2) is 0 Å². The van der Waals surface area contributed by atoms with Gasteiger partial charge in [0, 0.05) is 29.0 Å². The quantitative estimate of drug-likeness (QED) is 0.693. The third-order valence-electron chi connectivity index (χ3n) is 2.60. The van der Waals surface area contributed by atoms with E-state index >= 15 is 0 Å². The number of nitrogens with one attached hydrogen (secondary N) is 3. The van der Waals surface area contributed by atoms with Crippen LogP contribution in [0.1, 0.15) is 4.88 Å². The van der Waals surface area contributed by atoms with Crippen LogP contribution in [0.5, 0.6) is 0 Å². The Balaban J connectivity index is 1.92. The number of nitrogen functional groups attached to an aromatic ring is 1. The lowest BCUT2D eigenvalue weighted by Crippen LogP contribution is -2.24. The summed E-state index contributed by atoms with van der Waals surface area (Å²) in [6.07, 6.45) is 0. The number of urea groups is 1. The number of carbonyl (C=O) groups excluding carboxylic acids is 1. The largest absolute Gasteiger partial charge is 0.398 e. The van der Waals surface area contributed by atoms with E-state index in [1.165, 1.54) is 0 Å². The average Bonchev–Trinajstić information content (AvgIpc) is 2.83. The highest BCUT2D eigenvalue weighted by molar-refractivity contribution is 7.10. The van der Waals surface area contributed by atoms with Crippen LogP contribution in [0.25, 0.3) is 0 Å². The highest BCUT2D eigenvalue weighted by atomic mass is 32.1. The molecule has 6 heteroatoms. The van der Waals surface area contributed by atoms with Crippen LogP contribution in [0.3, 0.4) is 0 Å². The zero-order chi connectivity index (χ0) is 13.7. The number of rotatable bonds is 4. The Labute approximate surface area is 115 Å². The summed E-state index contributed by atoms with van der Waals surface area (Å²) < 4.78 is 0. The van der Waals surface area contributed by atoms with Crippen LogP contribution >= 0.6 is 11.3 Å². The molecule has 0 spiro atoms. The van der Waals surface area contributed by atoms with Gasteiger partial charge in [-0.1, -0.05) is 0 Å². The molecule has 1 heterocycles. The summed E-state index contributed by atoms with van der Waals surface area (Å²) in [7, 11) is 1.58. The van der Waals surface area contributed by atoms with E-state index in [1.54, 1.807) is 18.4 Å². The number of hydrogen-bond acceptors (Lipinski definition) is 4. The predicted molar refractivity (Wildman–Crippen MR) is 80.6 cm³/mol. The zero-order valence-electron chi connectivity index (χ0n) is 10.6. The lowest BCUT2D eigenvalue weighted by molar-refractivity contribution is 0.254. The summed E-state index contributed by atoms with van der Waals surface area (Å²) in [4.78, 5) is 12.3. The molecule has 100 valence electrons. The van der Waals surface area contributed by atoms with Gasteiger partial charge in [0.25, 0.3) is 0 Å². The van der Waals surface area contributed by atoms with Crippen LogP contribution in [0.2, 0.25) is 0 Å². The average molecular weight is 276 g/mol. The molecule has 0 bridgehead atoms. The number of nitrogens with two attached hydrogens (primary N) is 1. The van der Waals surface area contributed by atoms with E-state index in [0.29, 0.717) is 6.54 Å². The summed E-state index contributed by atoms with van der Waals surface area (Å²) in [5.41, 5.74) is 8.36. The highest BCUT2D eigenvalue weighted by Gasteiger charge is 2.01. The molecular weight excluding hydrogens is 260 g/mol. The number of thiophene rings is 1. The maximum atomic E-state index is 11.1. The number of carbonyl (C=O) groups is 1. The number of anilines is 3. The lowest BCUT2D eigenvalue weighted by Gasteiger charge is -2.08. The van der Waals surface area contributed by atoms with Crippen molar-refractivity contribution in [2.24, 2.45) is 0 Å². The second kappa shape index (κ2) is 6.10. The van der Waals surface area contributed by atoms with Gasteiger partial charge < -0.3 is 21.7 Å². The van der Waals surface area contributed by atoms with Crippen LogP contribution in [-0.2, 0) is 6.54 Å². The van der Waals surface area contributed by atoms with E-state index in [1.807, 2.05) is 35.7 Å². The molecule has 0 aliphatic rings. The first-order valence-electron chi connectivity index (χ1n) is 5.83. The second-order valence-electron chi connectivity index (χ2n) is 3.93. The molecule has 0 unspecified atom stereocenters. The molecule has 19 heavy (non-hydrogen) atoms. The fourth-order valence-corrected chi connectivity index (χ4v) is 2.28. The Morgan fingerprint density at radius 3 is 2.47 bits per heavy atom. The van der Waals surface area contributed by atoms with E-state index in [2.05, 4.69) is 16.0 Å². The van der Waals surface area contributed by atoms with Crippen molar-refractivity contribution >= 4 is 34.4 Å². The van der Waals surface area contributed by atoms with Gasteiger partial charge >= 0.3 is 6.03 Å². The third kappa shape index (κ3) is 3.62. The fourth-order valence-electron chi connectivity index (χ4n) is 1.54. The van der Waals surface area contributed by atoms with Crippen molar-refractivity contribution in [2.45, 2.75) is 6.54 Å². The van der Waals surface area contributed by atoms with Gasteiger partial charge in [0.05, 0.1) is 6.54 Å². The molecule has 0 saturated heterocycles. The molecule has 0 aliphatic heterocycles. The number of benzene rings is 1. The molecule has 0 aliphatic carbocycles. The van der Waals surface area contributed by atoms with Gasteiger partial charge in [-0.05, 0) is 35.7 Å². The van der Waals surface area contributed by atoms with Gasteiger partial charge in [0.2, 0.25) is 0 Å². The second-order valence-corrected chi connectivity index (χ2v) is 4.93. The highest BCUT2D eigenvalue weighted by Crippen LogP contribution is 2.21. The zero-order valence-corrected chi connectivity index (χ0v) is 11.4. The Morgan fingerprint density at radius 2 is 1.89 bits per heavy atom. The molecule has 5 N–H and O–H groups in total. The van der Waals surface area contributed by atoms with E-state index in [4.69, 9.17) is 5.73 Å². The van der Waals surface area contributed by atoms with Gasteiger partial charge in [0.1, 0.15) is 0 Å². The van der Waals surface area contributed by atoms with Crippen molar-refractivity contribution in [3.63, 3.8) is 0 Å². The predicted octanol–water partition coefficient (Wildman–Crippen LogP) is 2.69. The molecule has 0 atom stereocenters. The van der Waals surface area contributed by atoms with Gasteiger partial charge in [-0.3, -0.25) is 0 Å². The standard InChI is InChI=1S/C13H16N4OS/c1-15-13(18)17-10-4-2-9(3-5-10)16-8-12-11(14)6-7-19-12/h2-7,16H,8,14H2,1H3,(H2,15,17,18). The lowest BCUT2D eigenvalue weighted by atomic mass is 10.2. The molecule has 1 aromatic heterocycles. The molecule has 2 rings (SSSR count). The number of hydrogen-bond donors (Lipinski definition) is 4. The summed E-state index contributed by atoms with van der Waals surface area (Å²) in [5, 5.41) is 10.5. The monoisotopic (exact) mass is 276 g/mol. The van der Waals surface area contributed by atoms with Crippen molar-refractivity contribution in [1.82, 2.24) is 5.32 Å². The first-order valence-corrected chi connectivity index (χ1v) is 6.71. The van der Waals surface area contributed by atoms with E-state index in [-0.39, 0.29) is 6.03 Å². The minimum absolute atomic E-state index is 0.230. The molecular formula is C13H16N4OS. The van der Waals surface area contributed by atoms with Crippen molar-refractivity contribution in [2.75, 3.05) is 23.4 Å². The van der Waals surface area contributed by atoms with Crippen LogP contribution in [0.4, 0.5) is 21.9 Å². The van der Waals surface area contributed by atoms with E-state index in [9.17, 15) is 4.79 Å². The van der Waals surface area contributed by atoms with E-state index in [0.717, 1.165) is 21.9 Å². The molecule has 5 nitrogen and oxygen atoms in total. The molecule has 2 aromatic rings. The summed E-state index contributed by atoms with van der Waals surface area (Å²) in [6.45, 7) is 0.700. The molecule has 0 fully saturated rings. The minimum Gasteiger partial charge on any atom is -0.398 e. The molecule has 1 aromatic carbocycles. The fraction of sp³-hybridized carbons (Fsp3) is 0.154. The smallest absolute Gasteiger partial charge is 0.318 e. The van der Waals surface area contributed by atoms with Crippen molar-refractivity contribution in [3.8, 4) is 0 Å². The normalized spacial score (nSPS) is 9.95. The summed E-state index contributed by atoms with van der Waals surface area (Å²) in [5.74, 6) is 0. The molecule has 0 radical (unpaired) electrons. The summed E-state index contributed by atoms with van der Waals surface area (Å²) in [6, 6.07) is 9.18. The van der Waals surface area contributed by atoms with Crippen molar-refractivity contribution in [1.29, 1.82) is 0 Å². The van der Waals surface area contributed by atoms with Crippen LogP contribution < -0.4 is 21.7 Å². The first-order chi connectivity index (χ1) is 9.19. The Kier molecular flexibility index (Phi) is 4.25. The van der Waals surface area contributed by atoms with Gasteiger partial charge in [-0.2, -0.15) is 0 Å². The minimum atomic E-state index is -0.230. The first kappa shape index (κ1) is 13.2. The molecule has 2 amide bonds. The van der Waals surface area contributed by atoms with Gasteiger partial charge in [-0.25, -0.2) is 4.79 Å². The van der Waals surface area contributed by atoms with Gasteiger partial charge in [-0.15, -0.1) is 11.3 Å². The SMILES string of the molecule is CNC(=O)Nc1ccc(NCc2sccc2N)cc1. The Morgan fingerprint density at radius 1 is 1.21 bits per heavy atom. The molecule has 0 saturated carbocycles. The Bertz CT molecular complexity index is 550.